The molecule has 0 amide bonds. The van der Waals surface area contributed by atoms with E-state index in [-0.39, 0.29) is 5.82 Å². The number of nitriles is 1. The molecule has 0 aliphatic carbocycles. The molecular weight excluding hydrogens is 389 g/mol. The average molecular weight is 413 g/mol. The lowest BCUT2D eigenvalue weighted by Gasteiger charge is -2.16. The summed E-state index contributed by atoms with van der Waals surface area (Å²) in [6.07, 6.45) is 4.08. The van der Waals surface area contributed by atoms with E-state index in [0.29, 0.717) is 35.7 Å². The maximum atomic E-state index is 13.6. The molecule has 0 fully saturated rings. The van der Waals surface area contributed by atoms with E-state index in [1.54, 1.807) is 31.4 Å². The third-order valence-corrected chi connectivity index (χ3v) is 4.81. The van der Waals surface area contributed by atoms with Crippen molar-refractivity contribution in [3.05, 3.63) is 107 Å². The number of methoxy groups -OCH3 is 1. The number of benzene rings is 3. The maximum absolute atomic E-state index is 13.6. The van der Waals surface area contributed by atoms with Crippen LogP contribution in [0.1, 0.15) is 27.8 Å². The predicted octanol–water partition coefficient (Wildman–Crippen LogP) is 6.51. The van der Waals surface area contributed by atoms with E-state index in [2.05, 4.69) is 12.6 Å². The van der Waals surface area contributed by atoms with Gasteiger partial charge in [-0.3, -0.25) is 0 Å². The van der Waals surface area contributed by atoms with E-state index in [0.717, 1.165) is 16.7 Å². The number of rotatable bonds is 8. The molecule has 0 aromatic heterocycles. The highest BCUT2D eigenvalue weighted by molar-refractivity contribution is 5.90. The molecule has 0 bridgehead atoms. The molecule has 3 aromatic carbocycles. The second-order valence-electron chi connectivity index (χ2n) is 7.16. The quantitative estimate of drug-likeness (QED) is 0.240. The largest absolute Gasteiger partial charge is 0.493 e. The summed E-state index contributed by atoms with van der Waals surface area (Å²) in [6, 6.07) is 20.0. The van der Waals surface area contributed by atoms with Gasteiger partial charge in [0, 0.05) is 5.56 Å². The average Bonchev–Trinajstić information content (AvgIpc) is 2.77. The van der Waals surface area contributed by atoms with Crippen molar-refractivity contribution in [2.75, 3.05) is 7.11 Å². The molecule has 0 aliphatic rings. The second kappa shape index (κ2) is 10.3. The molecule has 0 spiro atoms. The molecule has 0 atom stereocenters. The van der Waals surface area contributed by atoms with Gasteiger partial charge in [0.05, 0.1) is 18.8 Å². The van der Waals surface area contributed by atoms with Crippen molar-refractivity contribution in [3.8, 4) is 17.6 Å². The van der Waals surface area contributed by atoms with Crippen LogP contribution in [0.2, 0.25) is 0 Å². The molecule has 0 radical (unpaired) electrons. The molecule has 0 heterocycles. The Labute approximate surface area is 182 Å². The van der Waals surface area contributed by atoms with Crippen LogP contribution < -0.4 is 9.47 Å². The van der Waals surface area contributed by atoms with E-state index in [4.69, 9.17) is 9.47 Å². The topological polar surface area (TPSA) is 42.2 Å². The van der Waals surface area contributed by atoms with Crippen LogP contribution in [0.3, 0.4) is 0 Å². The van der Waals surface area contributed by atoms with E-state index >= 15 is 0 Å². The minimum absolute atomic E-state index is 0.361. The molecule has 0 N–H and O–H groups in total. The van der Waals surface area contributed by atoms with E-state index in [9.17, 15) is 9.65 Å². The second-order valence-corrected chi connectivity index (χ2v) is 7.16. The zero-order valence-corrected chi connectivity index (χ0v) is 17.7. The molecule has 156 valence electrons. The van der Waals surface area contributed by atoms with Crippen molar-refractivity contribution in [1.29, 1.82) is 5.26 Å². The summed E-state index contributed by atoms with van der Waals surface area (Å²) in [6.45, 7) is 6.29. The first kappa shape index (κ1) is 21.9. The molecule has 0 unspecified atom stereocenters. The summed E-state index contributed by atoms with van der Waals surface area (Å²) >= 11 is 0. The molecule has 3 aromatic rings. The lowest BCUT2D eigenvalue weighted by molar-refractivity contribution is 0.282. The van der Waals surface area contributed by atoms with Crippen LogP contribution in [0.4, 0.5) is 4.39 Å². The normalized spacial score (nSPS) is 11.0. The minimum atomic E-state index is -0.386. The number of halogens is 1. The molecule has 0 aliphatic heterocycles. The van der Waals surface area contributed by atoms with E-state index in [1.807, 2.05) is 43.3 Å². The predicted molar refractivity (Wildman–Crippen MR) is 122 cm³/mol. The Morgan fingerprint density at radius 3 is 2.55 bits per heavy atom. The Morgan fingerprint density at radius 2 is 1.90 bits per heavy atom. The number of hydrogen-bond donors (Lipinski definition) is 0. The molecule has 3 rings (SSSR count). The first-order valence-corrected chi connectivity index (χ1v) is 9.92. The van der Waals surface area contributed by atoms with Crippen LogP contribution in [0.25, 0.3) is 11.6 Å². The molecule has 0 saturated carbocycles. The summed E-state index contributed by atoms with van der Waals surface area (Å²) in [4.78, 5) is 0. The standard InChI is InChI=1S/C27H24FNO2/c1-4-6-23-13-21(14-24(17-29)22-7-5-8-25(28)16-22)15-26(30-3)27(23)31-18-20-11-9-19(2)10-12-20/h4-5,7-16H,1,6,18H2,2-3H3/b24-14-. The van der Waals surface area contributed by atoms with Gasteiger partial charge in [-0.05, 0) is 60.4 Å². The summed E-state index contributed by atoms with van der Waals surface area (Å²) in [5, 5.41) is 9.60. The molecular formula is C27H24FNO2. The van der Waals surface area contributed by atoms with Crippen molar-refractivity contribution in [2.45, 2.75) is 20.0 Å². The van der Waals surface area contributed by atoms with E-state index < -0.39 is 0 Å². The number of nitrogens with zero attached hydrogens (tertiary/aromatic N) is 1. The fraction of sp³-hybridized carbons (Fsp3) is 0.148. The van der Waals surface area contributed by atoms with Gasteiger partial charge in [0.25, 0.3) is 0 Å². The summed E-state index contributed by atoms with van der Waals surface area (Å²) < 4.78 is 25.3. The zero-order valence-electron chi connectivity index (χ0n) is 17.7. The van der Waals surface area contributed by atoms with Crippen LogP contribution in [0.5, 0.6) is 11.5 Å². The number of allylic oxidation sites excluding steroid dienone is 2. The molecule has 3 nitrogen and oxygen atoms in total. The van der Waals surface area contributed by atoms with Crippen LogP contribution in [-0.4, -0.2) is 7.11 Å². The summed E-state index contributed by atoms with van der Waals surface area (Å²) in [5.74, 6) is 0.821. The number of aryl methyl sites for hydroxylation is 1. The third kappa shape index (κ3) is 5.61. The van der Waals surface area contributed by atoms with E-state index in [1.165, 1.54) is 17.7 Å². The monoisotopic (exact) mass is 413 g/mol. The van der Waals surface area contributed by atoms with Gasteiger partial charge in [0.1, 0.15) is 12.4 Å². The van der Waals surface area contributed by atoms with Crippen LogP contribution in [0.15, 0.2) is 73.3 Å². The Kier molecular flexibility index (Phi) is 7.24. The molecule has 4 heteroatoms. The van der Waals surface area contributed by atoms with Gasteiger partial charge in [-0.15, -0.1) is 6.58 Å². The minimum Gasteiger partial charge on any atom is -0.493 e. The lowest BCUT2D eigenvalue weighted by Crippen LogP contribution is -2.02. The van der Waals surface area contributed by atoms with Crippen LogP contribution in [-0.2, 0) is 13.0 Å². The van der Waals surface area contributed by atoms with Crippen molar-refractivity contribution < 1.29 is 13.9 Å². The van der Waals surface area contributed by atoms with Crippen molar-refractivity contribution >= 4 is 11.6 Å². The highest BCUT2D eigenvalue weighted by Gasteiger charge is 2.13. The fourth-order valence-corrected chi connectivity index (χ4v) is 3.23. The summed E-state index contributed by atoms with van der Waals surface area (Å²) in [5.41, 5.74) is 4.78. The first-order valence-electron chi connectivity index (χ1n) is 9.92. The van der Waals surface area contributed by atoms with Gasteiger partial charge in [0.15, 0.2) is 11.5 Å². The first-order chi connectivity index (χ1) is 15.0. The van der Waals surface area contributed by atoms with Crippen molar-refractivity contribution in [3.63, 3.8) is 0 Å². The highest BCUT2D eigenvalue weighted by Crippen LogP contribution is 2.35. The fourth-order valence-electron chi connectivity index (χ4n) is 3.23. The Balaban J connectivity index is 1.97. The number of ether oxygens (including phenoxy) is 2. The zero-order chi connectivity index (χ0) is 22.2. The van der Waals surface area contributed by atoms with Crippen LogP contribution >= 0.6 is 0 Å². The maximum Gasteiger partial charge on any atom is 0.165 e. The van der Waals surface area contributed by atoms with Gasteiger partial charge in [-0.25, -0.2) is 4.39 Å². The molecule has 0 saturated heterocycles. The SMILES string of the molecule is C=CCc1cc(/C=C(/C#N)c2cccc(F)c2)cc(OC)c1OCc1ccc(C)cc1. The summed E-state index contributed by atoms with van der Waals surface area (Å²) in [7, 11) is 1.58. The smallest absolute Gasteiger partial charge is 0.165 e. The van der Waals surface area contributed by atoms with Gasteiger partial charge in [0.2, 0.25) is 0 Å². The number of hydrogen-bond acceptors (Lipinski definition) is 3. The highest BCUT2D eigenvalue weighted by atomic mass is 19.1. The third-order valence-electron chi connectivity index (χ3n) is 4.81. The molecule has 31 heavy (non-hydrogen) atoms. The van der Waals surface area contributed by atoms with Crippen molar-refractivity contribution in [1.82, 2.24) is 0 Å². The van der Waals surface area contributed by atoms with Crippen LogP contribution in [0, 0.1) is 24.1 Å². The van der Waals surface area contributed by atoms with Gasteiger partial charge in [-0.2, -0.15) is 5.26 Å². The van der Waals surface area contributed by atoms with Gasteiger partial charge < -0.3 is 9.47 Å². The Hall–Kier alpha value is -3.84. The van der Waals surface area contributed by atoms with Crippen molar-refractivity contribution in [2.24, 2.45) is 0 Å². The Morgan fingerprint density at radius 1 is 1.13 bits per heavy atom. The Bertz CT molecular complexity index is 1140. The van der Waals surface area contributed by atoms with Gasteiger partial charge >= 0.3 is 0 Å². The van der Waals surface area contributed by atoms with Gasteiger partial charge in [-0.1, -0.05) is 48.0 Å². The lowest BCUT2D eigenvalue weighted by atomic mass is 10.0.